The van der Waals surface area contributed by atoms with Gasteiger partial charge in [-0.05, 0) is 31.2 Å². The Morgan fingerprint density at radius 2 is 2.00 bits per heavy atom. The van der Waals surface area contributed by atoms with E-state index in [1.54, 1.807) is 19.2 Å². The Bertz CT molecular complexity index is 603. The molecular formula is C13H14N2O2. The van der Waals surface area contributed by atoms with Crippen LogP contribution in [0.15, 0.2) is 35.1 Å². The van der Waals surface area contributed by atoms with Crippen molar-refractivity contribution in [1.29, 1.82) is 0 Å². The highest BCUT2D eigenvalue weighted by Crippen LogP contribution is 2.28. The normalized spacial score (nSPS) is 10.2. The van der Waals surface area contributed by atoms with Crippen molar-refractivity contribution in [2.75, 3.05) is 12.8 Å². The molecule has 0 spiro atoms. The fraction of sp³-hybridized carbons (Fsp3) is 0.154. The summed E-state index contributed by atoms with van der Waals surface area (Å²) < 4.78 is 5.27. The molecule has 0 atom stereocenters. The molecule has 1 aromatic carbocycles. The zero-order valence-corrected chi connectivity index (χ0v) is 9.78. The first kappa shape index (κ1) is 11.3. The second-order valence-electron chi connectivity index (χ2n) is 3.86. The van der Waals surface area contributed by atoms with Crippen molar-refractivity contribution < 1.29 is 4.74 Å². The van der Waals surface area contributed by atoms with Crippen molar-refractivity contribution in [1.82, 2.24) is 4.98 Å². The molecule has 0 fully saturated rings. The number of methoxy groups -OCH3 is 1. The van der Waals surface area contributed by atoms with Gasteiger partial charge in [0.1, 0.15) is 5.75 Å². The molecule has 0 bridgehead atoms. The molecule has 4 heteroatoms. The first-order valence-corrected chi connectivity index (χ1v) is 5.25. The number of aromatic amines is 1. The standard InChI is InChI=1S/C13H14N2O2/c1-8-3-6-12(17-2)9(7-8)11-5-4-10(14)13(16)15-11/h3-7H,14H2,1-2H3,(H,15,16). The number of nitrogen functional groups attached to an aromatic ring is 1. The minimum absolute atomic E-state index is 0.209. The number of H-pyrrole nitrogens is 1. The average Bonchev–Trinajstić information content (AvgIpc) is 2.32. The van der Waals surface area contributed by atoms with E-state index in [4.69, 9.17) is 10.5 Å². The van der Waals surface area contributed by atoms with Crippen LogP contribution in [0.4, 0.5) is 5.69 Å². The van der Waals surface area contributed by atoms with Gasteiger partial charge >= 0.3 is 0 Å². The molecule has 0 unspecified atom stereocenters. The lowest BCUT2D eigenvalue weighted by Gasteiger charge is -2.09. The zero-order valence-electron chi connectivity index (χ0n) is 9.78. The van der Waals surface area contributed by atoms with Gasteiger partial charge in [0.2, 0.25) is 0 Å². The predicted molar refractivity (Wildman–Crippen MR) is 68.2 cm³/mol. The van der Waals surface area contributed by atoms with Gasteiger partial charge in [0.25, 0.3) is 5.56 Å². The van der Waals surface area contributed by atoms with Crippen LogP contribution in [0.3, 0.4) is 0 Å². The molecule has 0 saturated heterocycles. The molecule has 2 rings (SSSR count). The number of ether oxygens (including phenoxy) is 1. The summed E-state index contributed by atoms with van der Waals surface area (Å²) in [5, 5.41) is 0. The summed E-state index contributed by atoms with van der Waals surface area (Å²) in [4.78, 5) is 14.2. The van der Waals surface area contributed by atoms with Gasteiger partial charge in [-0.25, -0.2) is 0 Å². The van der Waals surface area contributed by atoms with E-state index in [2.05, 4.69) is 4.98 Å². The van der Waals surface area contributed by atoms with E-state index in [-0.39, 0.29) is 11.2 Å². The molecule has 0 amide bonds. The van der Waals surface area contributed by atoms with Crippen molar-refractivity contribution in [3.8, 4) is 17.0 Å². The third-order valence-corrected chi connectivity index (χ3v) is 2.59. The highest BCUT2D eigenvalue weighted by atomic mass is 16.5. The summed E-state index contributed by atoms with van der Waals surface area (Å²) in [5.41, 5.74) is 8.06. The largest absolute Gasteiger partial charge is 0.496 e. The predicted octanol–water partition coefficient (Wildman–Crippen LogP) is 1.94. The lowest BCUT2D eigenvalue weighted by atomic mass is 10.1. The van der Waals surface area contributed by atoms with E-state index in [0.717, 1.165) is 16.9 Å². The Balaban J connectivity index is 2.62. The number of nitrogens with one attached hydrogen (secondary N) is 1. The molecule has 1 heterocycles. The smallest absolute Gasteiger partial charge is 0.271 e. The molecule has 17 heavy (non-hydrogen) atoms. The van der Waals surface area contributed by atoms with Crippen LogP contribution >= 0.6 is 0 Å². The van der Waals surface area contributed by atoms with E-state index >= 15 is 0 Å². The van der Waals surface area contributed by atoms with Crippen LogP contribution in [0.25, 0.3) is 11.3 Å². The lowest BCUT2D eigenvalue weighted by Crippen LogP contribution is -2.11. The molecule has 1 aromatic heterocycles. The van der Waals surface area contributed by atoms with Crippen LogP contribution in [-0.4, -0.2) is 12.1 Å². The third-order valence-electron chi connectivity index (χ3n) is 2.59. The van der Waals surface area contributed by atoms with Gasteiger partial charge in [0.15, 0.2) is 0 Å². The number of benzene rings is 1. The van der Waals surface area contributed by atoms with Gasteiger partial charge in [-0.3, -0.25) is 4.79 Å². The van der Waals surface area contributed by atoms with Crippen LogP contribution in [-0.2, 0) is 0 Å². The van der Waals surface area contributed by atoms with E-state index < -0.39 is 0 Å². The van der Waals surface area contributed by atoms with Crippen molar-refractivity contribution in [3.63, 3.8) is 0 Å². The summed E-state index contributed by atoms with van der Waals surface area (Å²) in [6.45, 7) is 1.98. The fourth-order valence-electron chi connectivity index (χ4n) is 1.67. The maximum Gasteiger partial charge on any atom is 0.271 e. The quantitative estimate of drug-likeness (QED) is 0.828. The Labute approximate surface area is 99.1 Å². The van der Waals surface area contributed by atoms with Crippen LogP contribution < -0.4 is 16.0 Å². The van der Waals surface area contributed by atoms with Gasteiger partial charge in [0, 0.05) is 5.56 Å². The highest BCUT2D eigenvalue weighted by molar-refractivity contribution is 5.68. The van der Waals surface area contributed by atoms with Crippen LogP contribution in [0.2, 0.25) is 0 Å². The Morgan fingerprint density at radius 1 is 1.24 bits per heavy atom. The minimum atomic E-state index is -0.286. The summed E-state index contributed by atoms with van der Waals surface area (Å²) in [5.74, 6) is 0.719. The fourth-order valence-corrected chi connectivity index (χ4v) is 1.67. The maximum atomic E-state index is 11.5. The number of aryl methyl sites for hydroxylation is 1. The SMILES string of the molecule is COc1ccc(C)cc1-c1ccc(N)c(=O)[nH]1. The Morgan fingerprint density at radius 3 is 2.65 bits per heavy atom. The molecule has 4 nitrogen and oxygen atoms in total. The number of hydrogen-bond donors (Lipinski definition) is 2. The number of anilines is 1. The van der Waals surface area contributed by atoms with Crippen molar-refractivity contribution in [2.24, 2.45) is 0 Å². The van der Waals surface area contributed by atoms with Crippen LogP contribution in [0.5, 0.6) is 5.75 Å². The molecule has 3 N–H and O–H groups in total. The van der Waals surface area contributed by atoms with E-state index in [1.165, 1.54) is 0 Å². The Hall–Kier alpha value is -2.23. The molecule has 0 saturated carbocycles. The topological polar surface area (TPSA) is 68.1 Å². The van der Waals surface area contributed by atoms with Crippen molar-refractivity contribution in [3.05, 3.63) is 46.2 Å². The lowest BCUT2D eigenvalue weighted by molar-refractivity contribution is 0.416. The second kappa shape index (κ2) is 4.33. The monoisotopic (exact) mass is 230 g/mol. The molecule has 2 aromatic rings. The van der Waals surface area contributed by atoms with Crippen LogP contribution in [0, 0.1) is 6.92 Å². The number of aromatic nitrogens is 1. The molecule has 0 radical (unpaired) electrons. The van der Waals surface area contributed by atoms with Gasteiger partial charge in [-0.15, -0.1) is 0 Å². The maximum absolute atomic E-state index is 11.5. The van der Waals surface area contributed by atoms with E-state index in [1.807, 2.05) is 25.1 Å². The number of nitrogens with two attached hydrogens (primary N) is 1. The van der Waals surface area contributed by atoms with Crippen LogP contribution in [0.1, 0.15) is 5.56 Å². The summed E-state index contributed by atoms with van der Waals surface area (Å²) in [7, 11) is 1.60. The van der Waals surface area contributed by atoms with E-state index in [9.17, 15) is 4.79 Å². The molecule has 88 valence electrons. The first-order chi connectivity index (χ1) is 8.11. The molecule has 0 aliphatic heterocycles. The van der Waals surface area contributed by atoms with Gasteiger partial charge in [-0.1, -0.05) is 11.6 Å². The summed E-state index contributed by atoms with van der Waals surface area (Å²) >= 11 is 0. The average molecular weight is 230 g/mol. The number of hydrogen-bond acceptors (Lipinski definition) is 3. The summed E-state index contributed by atoms with van der Waals surface area (Å²) in [6.07, 6.45) is 0. The van der Waals surface area contributed by atoms with Gasteiger partial charge < -0.3 is 15.5 Å². The summed E-state index contributed by atoms with van der Waals surface area (Å²) in [6, 6.07) is 9.15. The van der Waals surface area contributed by atoms with Crippen molar-refractivity contribution >= 4 is 5.69 Å². The third kappa shape index (κ3) is 2.15. The van der Waals surface area contributed by atoms with Gasteiger partial charge in [0.05, 0.1) is 18.5 Å². The second-order valence-corrected chi connectivity index (χ2v) is 3.86. The highest BCUT2D eigenvalue weighted by Gasteiger charge is 2.07. The number of rotatable bonds is 2. The van der Waals surface area contributed by atoms with E-state index in [0.29, 0.717) is 5.69 Å². The Kier molecular flexibility index (Phi) is 2.87. The minimum Gasteiger partial charge on any atom is -0.496 e. The first-order valence-electron chi connectivity index (χ1n) is 5.25. The number of pyridine rings is 1. The van der Waals surface area contributed by atoms with Crippen molar-refractivity contribution in [2.45, 2.75) is 6.92 Å². The zero-order chi connectivity index (χ0) is 12.4. The molecule has 0 aliphatic carbocycles. The van der Waals surface area contributed by atoms with Gasteiger partial charge in [-0.2, -0.15) is 0 Å². The molecular weight excluding hydrogens is 216 g/mol. The molecule has 0 aliphatic rings.